The molecule has 0 aromatic heterocycles. The van der Waals surface area contributed by atoms with Gasteiger partial charge in [-0.15, -0.1) is 0 Å². The molecule has 108 valence electrons. The van der Waals surface area contributed by atoms with E-state index in [1.54, 1.807) is 0 Å². The molecule has 4 heteroatoms. The van der Waals surface area contributed by atoms with E-state index in [-0.39, 0.29) is 17.9 Å². The molecule has 1 aliphatic heterocycles. The van der Waals surface area contributed by atoms with Crippen molar-refractivity contribution in [3.63, 3.8) is 0 Å². The van der Waals surface area contributed by atoms with Crippen LogP contribution in [0.1, 0.15) is 52.4 Å². The number of carbonyl (C=O) groups is 2. The number of nitrogens with zero attached hydrogens (tertiary/aromatic N) is 1. The maximum atomic E-state index is 12.0. The molecule has 0 aromatic rings. The minimum absolute atomic E-state index is 0.0901. The number of piperidine rings is 1. The summed E-state index contributed by atoms with van der Waals surface area (Å²) >= 11 is 0. The highest BCUT2D eigenvalue weighted by Gasteiger charge is 2.37. The lowest BCUT2D eigenvalue weighted by atomic mass is 9.88. The molecule has 1 amide bonds. The van der Waals surface area contributed by atoms with Crippen molar-refractivity contribution in [2.45, 2.75) is 64.5 Å². The Kier molecular flexibility index (Phi) is 4.97. The quantitative estimate of drug-likeness (QED) is 0.843. The van der Waals surface area contributed by atoms with E-state index in [2.05, 4.69) is 10.2 Å². The third-order valence-corrected chi connectivity index (χ3v) is 4.28. The van der Waals surface area contributed by atoms with Crippen LogP contribution in [-0.2, 0) is 9.59 Å². The van der Waals surface area contributed by atoms with Crippen LogP contribution in [0.4, 0.5) is 0 Å². The standard InChI is InChI=1S/C15H26N2O2/c1-11(2)16-15(19)10-17-9-4-3-7-13(17)12-6-5-8-14(12)18/h11-13H,3-10H2,1-2H3,(H,16,19). The fourth-order valence-corrected chi connectivity index (χ4v) is 3.47. The Hall–Kier alpha value is -0.900. The van der Waals surface area contributed by atoms with E-state index in [9.17, 15) is 9.59 Å². The van der Waals surface area contributed by atoms with Crippen molar-refractivity contribution < 1.29 is 9.59 Å². The molecule has 4 nitrogen and oxygen atoms in total. The van der Waals surface area contributed by atoms with E-state index in [0.29, 0.717) is 18.4 Å². The summed E-state index contributed by atoms with van der Waals surface area (Å²) in [5.74, 6) is 0.695. The fourth-order valence-electron chi connectivity index (χ4n) is 3.47. The second-order valence-corrected chi connectivity index (χ2v) is 6.22. The van der Waals surface area contributed by atoms with Gasteiger partial charge in [0, 0.05) is 24.4 Å². The first-order chi connectivity index (χ1) is 9.08. The van der Waals surface area contributed by atoms with Crippen molar-refractivity contribution in [1.82, 2.24) is 10.2 Å². The molecule has 2 unspecified atom stereocenters. The number of nitrogens with one attached hydrogen (secondary N) is 1. The molecule has 0 spiro atoms. The SMILES string of the molecule is CC(C)NC(=O)CN1CCCCC1C1CCCC1=O. The van der Waals surface area contributed by atoms with Crippen LogP contribution in [0.25, 0.3) is 0 Å². The van der Waals surface area contributed by atoms with Crippen LogP contribution in [0.3, 0.4) is 0 Å². The van der Waals surface area contributed by atoms with E-state index >= 15 is 0 Å². The number of carbonyl (C=O) groups excluding carboxylic acids is 2. The lowest BCUT2D eigenvalue weighted by Crippen LogP contribution is -2.50. The molecule has 0 radical (unpaired) electrons. The Morgan fingerprint density at radius 3 is 2.74 bits per heavy atom. The van der Waals surface area contributed by atoms with Crippen LogP contribution >= 0.6 is 0 Å². The zero-order chi connectivity index (χ0) is 13.8. The van der Waals surface area contributed by atoms with Crippen molar-refractivity contribution in [2.24, 2.45) is 5.92 Å². The monoisotopic (exact) mass is 266 g/mol. The van der Waals surface area contributed by atoms with Gasteiger partial charge in [-0.05, 0) is 46.1 Å². The summed E-state index contributed by atoms with van der Waals surface area (Å²) < 4.78 is 0. The molecule has 19 heavy (non-hydrogen) atoms. The first kappa shape index (κ1) is 14.5. The Morgan fingerprint density at radius 1 is 1.32 bits per heavy atom. The summed E-state index contributed by atoms with van der Waals surface area (Å²) in [5.41, 5.74) is 0. The molecule has 1 saturated heterocycles. The maximum absolute atomic E-state index is 12.0. The minimum Gasteiger partial charge on any atom is -0.353 e. The molecule has 1 saturated carbocycles. The highest BCUT2D eigenvalue weighted by atomic mass is 16.2. The van der Waals surface area contributed by atoms with Crippen LogP contribution in [0.15, 0.2) is 0 Å². The van der Waals surface area contributed by atoms with Gasteiger partial charge < -0.3 is 5.32 Å². The van der Waals surface area contributed by atoms with Crippen molar-refractivity contribution in [3.8, 4) is 0 Å². The number of hydrogen-bond acceptors (Lipinski definition) is 3. The van der Waals surface area contributed by atoms with E-state index < -0.39 is 0 Å². The van der Waals surface area contributed by atoms with E-state index in [1.165, 1.54) is 6.42 Å². The van der Waals surface area contributed by atoms with Gasteiger partial charge in [0.15, 0.2) is 0 Å². The zero-order valence-corrected chi connectivity index (χ0v) is 12.2. The molecule has 1 N–H and O–H groups in total. The van der Waals surface area contributed by atoms with Crippen LogP contribution in [0.5, 0.6) is 0 Å². The smallest absolute Gasteiger partial charge is 0.234 e. The minimum atomic E-state index is 0.0901. The van der Waals surface area contributed by atoms with Gasteiger partial charge in [-0.25, -0.2) is 0 Å². The lowest BCUT2D eigenvalue weighted by Gasteiger charge is -2.38. The van der Waals surface area contributed by atoms with Gasteiger partial charge in [0.2, 0.25) is 5.91 Å². The Balaban J connectivity index is 1.95. The molecule has 0 bridgehead atoms. The first-order valence-electron chi connectivity index (χ1n) is 7.64. The van der Waals surface area contributed by atoms with Crippen LogP contribution in [-0.4, -0.2) is 41.8 Å². The van der Waals surface area contributed by atoms with Crippen LogP contribution in [0, 0.1) is 5.92 Å². The molecule has 1 heterocycles. The summed E-state index contributed by atoms with van der Waals surface area (Å²) in [6, 6.07) is 0.491. The number of likely N-dealkylation sites (tertiary alicyclic amines) is 1. The van der Waals surface area contributed by atoms with Gasteiger partial charge in [0.05, 0.1) is 6.54 Å². The summed E-state index contributed by atoms with van der Waals surface area (Å²) in [5, 5.41) is 2.95. The Labute approximate surface area is 115 Å². The van der Waals surface area contributed by atoms with E-state index in [4.69, 9.17) is 0 Å². The average Bonchev–Trinajstić information content (AvgIpc) is 2.75. The third kappa shape index (κ3) is 3.78. The number of ketones is 1. The third-order valence-electron chi connectivity index (χ3n) is 4.28. The molecule has 2 rings (SSSR count). The Bertz CT molecular complexity index is 341. The van der Waals surface area contributed by atoms with Crippen LogP contribution in [0.2, 0.25) is 0 Å². The average molecular weight is 266 g/mol. The molecule has 2 fully saturated rings. The van der Waals surface area contributed by atoms with Crippen molar-refractivity contribution in [2.75, 3.05) is 13.1 Å². The number of Topliss-reactive ketones (excluding diaryl/α,β-unsaturated/α-hetero) is 1. The molecular weight excluding hydrogens is 240 g/mol. The van der Waals surface area contributed by atoms with Gasteiger partial charge in [-0.1, -0.05) is 6.42 Å². The summed E-state index contributed by atoms with van der Waals surface area (Å²) in [7, 11) is 0. The second-order valence-electron chi connectivity index (χ2n) is 6.22. The van der Waals surface area contributed by atoms with Crippen LogP contribution < -0.4 is 5.32 Å². The Morgan fingerprint density at radius 2 is 2.11 bits per heavy atom. The predicted molar refractivity (Wildman–Crippen MR) is 74.8 cm³/mol. The number of hydrogen-bond donors (Lipinski definition) is 1. The normalized spacial score (nSPS) is 28.9. The van der Waals surface area contributed by atoms with Crippen molar-refractivity contribution in [1.29, 1.82) is 0 Å². The molecular formula is C15H26N2O2. The van der Waals surface area contributed by atoms with Crippen molar-refractivity contribution >= 4 is 11.7 Å². The van der Waals surface area contributed by atoms with Gasteiger partial charge in [0.1, 0.15) is 5.78 Å². The lowest BCUT2D eigenvalue weighted by molar-refractivity contribution is -0.127. The van der Waals surface area contributed by atoms with Gasteiger partial charge in [0.25, 0.3) is 0 Å². The highest BCUT2D eigenvalue weighted by molar-refractivity contribution is 5.84. The van der Waals surface area contributed by atoms with Gasteiger partial charge >= 0.3 is 0 Å². The number of amides is 1. The summed E-state index contributed by atoms with van der Waals surface area (Å²) in [6.45, 7) is 5.37. The van der Waals surface area contributed by atoms with Gasteiger partial charge in [-0.2, -0.15) is 0 Å². The largest absolute Gasteiger partial charge is 0.353 e. The maximum Gasteiger partial charge on any atom is 0.234 e. The summed E-state index contributed by atoms with van der Waals surface area (Å²) in [6.07, 6.45) is 6.21. The zero-order valence-electron chi connectivity index (χ0n) is 12.2. The highest BCUT2D eigenvalue weighted by Crippen LogP contribution is 2.32. The molecule has 0 aromatic carbocycles. The first-order valence-corrected chi connectivity index (χ1v) is 7.64. The van der Waals surface area contributed by atoms with Crippen molar-refractivity contribution in [3.05, 3.63) is 0 Å². The van der Waals surface area contributed by atoms with E-state index in [0.717, 1.165) is 38.6 Å². The van der Waals surface area contributed by atoms with E-state index in [1.807, 2.05) is 13.8 Å². The van der Waals surface area contributed by atoms with Gasteiger partial charge in [-0.3, -0.25) is 14.5 Å². The molecule has 2 aliphatic rings. The number of rotatable bonds is 4. The predicted octanol–water partition coefficient (Wildman–Crippen LogP) is 1.73. The summed E-state index contributed by atoms with van der Waals surface area (Å²) in [4.78, 5) is 26.1. The fraction of sp³-hybridized carbons (Fsp3) is 0.867. The second kappa shape index (κ2) is 6.51. The molecule has 2 atom stereocenters. The topological polar surface area (TPSA) is 49.4 Å². The molecule has 1 aliphatic carbocycles.